The lowest BCUT2D eigenvalue weighted by atomic mass is 9.38. The van der Waals surface area contributed by atoms with Crippen molar-refractivity contribution in [3.05, 3.63) is 11.6 Å². The van der Waals surface area contributed by atoms with Gasteiger partial charge in [-0.05, 0) is 99.7 Å². The first-order valence-corrected chi connectivity index (χ1v) is 14.3. The van der Waals surface area contributed by atoms with E-state index in [0.717, 1.165) is 51.4 Å². The molecule has 33 heavy (non-hydrogen) atoms. The molecule has 5 aliphatic rings. The summed E-state index contributed by atoms with van der Waals surface area (Å²) >= 11 is 15.6. The largest absolute Gasteiger partial charge is 0.481 e. The van der Waals surface area contributed by atoms with Gasteiger partial charge in [0, 0.05) is 14.2 Å². The summed E-state index contributed by atoms with van der Waals surface area (Å²) in [5.74, 6) is 0.234. The van der Waals surface area contributed by atoms with Crippen molar-refractivity contribution in [3.63, 3.8) is 0 Å². The molecule has 0 heterocycles. The van der Waals surface area contributed by atoms with Crippen LogP contribution in [0.25, 0.3) is 0 Å². The fourth-order valence-electron chi connectivity index (χ4n) is 9.70. The number of carbonyl (C=O) groups is 1. The van der Waals surface area contributed by atoms with Crippen molar-refractivity contribution in [1.29, 1.82) is 0 Å². The van der Waals surface area contributed by atoms with Crippen molar-refractivity contribution in [2.75, 3.05) is 0 Å². The van der Waals surface area contributed by atoms with E-state index in [1.54, 1.807) is 0 Å². The highest BCUT2D eigenvalue weighted by molar-refractivity contribution is 7.82. The van der Waals surface area contributed by atoms with Gasteiger partial charge in [-0.15, -0.1) is 0 Å². The van der Waals surface area contributed by atoms with E-state index < -0.39 is 11.4 Å². The van der Waals surface area contributed by atoms with E-state index in [1.807, 2.05) is 0 Å². The van der Waals surface area contributed by atoms with Gasteiger partial charge in [-0.3, -0.25) is 4.79 Å². The molecular formula is C27H42O3S3. The van der Waals surface area contributed by atoms with E-state index >= 15 is 0 Å². The monoisotopic (exact) mass is 510 g/mol. The van der Waals surface area contributed by atoms with Gasteiger partial charge in [0.1, 0.15) is 0 Å². The zero-order chi connectivity index (χ0) is 24.2. The van der Waals surface area contributed by atoms with Gasteiger partial charge in [0.05, 0.1) is 11.5 Å². The Bertz CT molecular complexity index is 899. The molecule has 0 saturated heterocycles. The van der Waals surface area contributed by atoms with Crippen LogP contribution in [0.15, 0.2) is 11.6 Å². The van der Waals surface area contributed by atoms with Crippen LogP contribution in [0, 0.1) is 34.0 Å². The Kier molecular flexibility index (Phi) is 5.57. The lowest BCUT2D eigenvalue weighted by Gasteiger charge is -2.70. The zero-order valence-corrected chi connectivity index (χ0v) is 23.3. The van der Waals surface area contributed by atoms with Crippen LogP contribution in [0.3, 0.4) is 0 Å². The highest BCUT2D eigenvalue weighted by Crippen LogP contribution is 2.74. The second-order valence-corrected chi connectivity index (χ2v) is 16.1. The maximum atomic E-state index is 12.7. The Hall–Kier alpha value is 0.220. The summed E-state index contributed by atoms with van der Waals surface area (Å²) in [7, 11) is 0. The molecule has 5 aliphatic carbocycles. The van der Waals surface area contributed by atoms with E-state index in [2.05, 4.69) is 33.8 Å². The Labute approximate surface area is 216 Å². The molecular weight excluding hydrogens is 468 g/mol. The third kappa shape index (κ3) is 3.11. The number of allylic oxidation sites excluding steroid dienone is 1. The van der Waals surface area contributed by atoms with Crippen LogP contribution in [-0.2, 0) is 4.79 Å². The topological polar surface area (TPSA) is 57.5 Å². The number of thiol groups is 3. The molecule has 0 bridgehead atoms. The quantitative estimate of drug-likeness (QED) is 0.215. The van der Waals surface area contributed by atoms with Gasteiger partial charge in [0.25, 0.3) is 0 Å². The van der Waals surface area contributed by atoms with Gasteiger partial charge in [0.2, 0.25) is 0 Å². The molecule has 0 aromatic rings. The summed E-state index contributed by atoms with van der Waals surface area (Å²) in [6.45, 7) is 9.23. The number of rotatable bonds is 1. The number of aliphatic hydroxyl groups is 1. The number of carboxylic acids is 1. The first kappa shape index (κ1) is 24.9. The molecule has 0 aromatic carbocycles. The zero-order valence-electron chi connectivity index (χ0n) is 20.6. The van der Waals surface area contributed by atoms with Crippen LogP contribution in [0.4, 0.5) is 0 Å². The lowest BCUT2D eigenvalue weighted by molar-refractivity contribution is -0.162. The van der Waals surface area contributed by atoms with Gasteiger partial charge in [-0.25, -0.2) is 0 Å². The minimum Gasteiger partial charge on any atom is -0.481 e. The predicted octanol–water partition coefficient (Wildman–Crippen LogP) is 6.22. The predicted molar refractivity (Wildman–Crippen MR) is 144 cm³/mol. The third-order valence-electron chi connectivity index (χ3n) is 11.8. The summed E-state index contributed by atoms with van der Waals surface area (Å²) < 4.78 is -0.784. The SMILES string of the molecule is C[C@@]1(S)CC[C@]2(C(=O)O)CC[C@]3(S)C(=CCC4[C@@]5(C)CC[C@H](O)[C@@](C)(S)C5CC[C@]43C)C2C1. The maximum Gasteiger partial charge on any atom is 0.310 e. The summed E-state index contributed by atoms with van der Waals surface area (Å²) in [5.41, 5.74) is 0.757. The second kappa shape index (κ2) is 7.38. The molecule has 0 aromatic heterocycles. The molecule has 3 unspecified atom stereocenters. The Morgan fingerprint density at radius 3 is 2.27 bits per heavy atom. The molecule has 0 spiro atoms. The van der Waals surface area contributed by atoms with Crippen molar-refractivity contribution < 1.29 is 15.0 Å². The van der Waals surface area contributed by atoms with Gasteiger partial charge in [0.15, 0.2) is 0 Å². The second-order valence-electron chi connectivity index (χ2n) is 13.3. The normalized spacial score (nSPS) is 58.2. The summed E-state index contributed by atoms with van der Waals surface area (Å²) in [5, 5.41) is 21.2. The fraction of sp³-hybridized carbons (Fsp3) is 0.889. The molecule has 6 heteroatoms. The van der Waals surface area contributed by atoms with Gasteiger partial charge < -0.3 is 10.2 Å². The van der Waals surface area contributed by atoms with E-state index in [9.17, 15) is 15.0 Å². The van der Waals surface area contributed by atoms with Gasteiger partial charge in [-0.1, -0.05) is 32.4 Å². The van der Waals surface area contributed by atoms with Crippen LogP contribution in [0.2, 0.25) is 0 Å². The van der Waals surface area contributed by atoms with Crippen molar-refractivity contribution in [2.45, 2.75) is 112 Å². The molecule has 2 N–H and O–H groups in total. The number of fused-ring (bicyclic) bond motifs is 7. The average Bonchev–Trinajstić information content (AvgIpc) is 2.71. The number of carboxylic acid groups (broad SMARTS) is 1. The molecule has 0 radical (unpaired) electrons. The van der Waals surface area contributed by atoms with Gasteiger partial charge in [-0.2, -0.15) is 37.9 Å². The van der Waals surface area contributed by atoms with Crippen LogP contribution in [0.5, 0.6) is 0 Å². The highest BCUT2D eigenvalue weighted by atomic mass is 32.1. The molecule has 0 aliphatic heterocycles. The number of aliphatic carboxylic acids is 1. The van der Waals surface area contributed by atoms with E-state index in [0.29, 0.717) is 24.7 Å². The summed E-state index contributed by atoms with van der Waals surface area (Å²) in [6.07, 6.45) is 10.9. The minimum absolute atomic E-state index is 0.00665. The summed E-state index contributed by atoms with van der Waals surface area (Å²) in [4.78, 5) is 12.7. The maximum absolute atomic E-state index is 12.7. The van der Waals surface area contributed by atoms with Crippen LogP contribution in [-0.4, -0.2) is 36.5 Å². The summed E-state index contributed by atoms with van der Waals surface area (Å²) in [6, 6.07) is 0. The van der Waals surface area contributed by atoms with E-state index in [4.69, 9.17) is 37.9 Å². The minimum atomic E-state index is -0.663. The molecule has 5 rings (SSSR count). The molecule has 3 nitrogen and oxygen atoms in total. The smallest absolute Gasteiger partial charge is 0.310 e. The molecule has 4 saturated carbocycles. The van der Waals surface area contributed by atoms with Crippen molar-refractivity contribution in [1.82, 2.24) is 0 Å². The van der Waals surface area contributed by atoms with Crippen molar-refractivity contribution in [2.24, 2.45) is 34.0 Å². The Morgan fingerprint density at radius 1 is 0.939 bits per heavy atom. The Morgan fingerprint density at radius 2 is 1.61 bits per heavy atom. The Balaban J connectivity index is 1.60. The average molecular weight is 511 g/mol. The highest BCUT2D eigenvalue weighted by Gasteiger charge is 2.70. The van der Waals surface area contributed by atoms with Gasteiger partial charge >= 0.3 is 5.97 Å². The number of aliphatic hydroxyl groups excluding tert-OH is 1. The van der Waals surface area contributed by atoms with E-state index in [1.165, 1.54) is 5.57 Å². The van der Waals surface area contributed by atoms with E-state index in [-0.39, 0.29) is 37.1 Å². The molecule has 0 amide bonds. The first-order chi connectivity index (χ1) is 15.1. The van der Waals surface area contributed by atoms with Crippen molar-refractivity contribution in [3.8, 4) is 0 Å². The first-order valence-electron chi connectivity index (χ1n) is 12.9. The van der Waals surface area contributed by atoms with Crippen molar-refractivity contribution >= 4 is 43.9 Å². The lowest BCUT2D eigenvalue weighted by Crippen LogP contribution is -2.67. The van der Waals surface area contributed by atoms with Crippen LogP contribution in [0.1, 0.15) is 91.9 Å². The third-order valence-corrected chi connectivity index (χ3v) is 13.8. The van der Waals surface area contributed by atoms with Crippen LogP contribution >= 0.6 is 37.9 Å². The molecule has 186 valence electrons. The standard InChI is InChI=1S/C27H42O3S3/c1-22(31)11-12-26(21(29)30)13-14-27(33)16(17(26)15-22)5-6-18-23(2)9-8-20(28)25(4,32)19(23)7-10-24(18,27)3/h5,17-20,28,31-33H,6-15H2,1-4H3,(H,29,30)/t17?,18?,19?,20-,22+,23+,24+,25-,26-,27-/m0/s1. The number of hydrogen-bond donors (Lipinski definition) is 5. The molecule has 10 atom stereocenters. The fourth-order valence-corrected chi connectivity index (χ4v) is 11.2. The molecule has 4 fully saturated rings. The number of hydrogen-bond acceptors (Lipinski definition) is 5. The van der Waals surface area contributed by atoms with Crippen LogP contribution < -0.4 is 0 Å².